The van der Waals surface area contributed by atoms with Gasteiger partial charge in [-0.3, -0.25) is 24.0 Å². The lowest BCUT2D eigenvalue weighted by atomic mass is 9.95. The summed E-state index contributed by atoms with van der Waals surface area (Å²) in [6.45, 7) is 3.60. The van der Waals surface area contributed by atoms with E-state index >= 15 is 0 Å². The lowest BCUT2D eigenvalue weighted by molar-refractivity contribution is -0.197. The number of carbonyl (C=O) groups excluding carboxylic acids is 6. The van der Waals surface area contributed by atoms with Gasteiger partial charge in [-0.05, 0) is 26.7 Å². The summed E-state index contributed by atoms with van der Waals surface area (Å²) >= 11 is 0. The Kier molecular flexibility index (Phi) is 9.24. The van der Waals surface area contributed by atoms with E-state index in [-0.39, 0.29) is 43.5 Å². The summed E-state index contributed by atoms with van der Waals surface area (Å²) in [4.78, 5) is 76.9. The number of aliphatic hydroxyl groups is 2. The molecule has 3 heterocycles. The van der Waals surface area contributed by atoms with Gasteiger partial charge in [-0.1, -0.05) is 21.6 Å². The van der Waals surface area contributed by atoms with Crippen molar-refractivity contribution in [3.63, 3.8) is 0 Å². The predicted octanol–water partition coefficient (Wildman–Crippen LogP) is -0.754. The number of nitrogens with zero attached hydrogens (tertiary/aromatic N) is 2. The van der Waals surface area contributed by atoms with E-state index in [9.17, 15) is 39.0 Å². The first-order valence-electron chi connectivity index (χ1n) is 11.4. The van der Waals surface area contributed by atoms with E-state index in [4.69, 9.17) is 9.57 Å². The Hall–Kier alpha value is -2.36. The molecule has 0 aromatic rings. The fourth-order valence-electron chi connectivity index (χ4n) is 3.88. The number of piperidine rings is 1. The third-order valence-corrected chi connectivity index (χ3v) is 9.22. The van der Waals surface area contributed by atoms with Crippen LogP contribution in [0.3, 0.4) is 0 Å². The average Bonchev–Trinajstić information content (AvgIpc) is 3.30. The van der Waals surface area contributed by atoms with Gasteiger partial charge >= 0.3 is 23.8 Å². The summed E-state index contributed by atoms with van der Waals surface area (Å²) in [7, 11) is 2.87. The summed E-state index contributed by atoms with van der Waals surface area (Å²) in [5.74, 6) is -3.57. The van der Waals surface area contributed by atoms with E-state index in [0.717, 1.165) is 4.90 Å². The molecule has 4 unspecified atom stereocenters. The molecule has 0 bridgehead atoms. The molecule has 3 aliphatic heterocycles. The third-order valence-electron chi connectivity index (χ3n) is 5.87. The molecule has 3 N–H and O–H groups in total. The van der Waals surface area contributed by atoms with Gasteiger partial charge in [-0.15, -0.1) is 5.06 Å². The molecule has 0 spiro atoms. The van der Waals surface area contributed by atoms with Gasteiger partial charge in [-0.2, -0.15) is 0 Å². The minimum Gasteiger partial charge on any atom is -0.463 e. The van der Waals surface area contributed by atoms with Gasteiger partial charge in [0, 0.05) is 29.8 Å². The second-order valence-corrected chi connectivity index (χ2v) is 12.3. The minimum absolute atomic E-state index is 0.00910. The van der Waals surface area contributed by atoms with Crippen LogP contribution in [0.5, 0.6) is 0 Å². The summed E-state index contributed by atoms with van der Waals surface area (Å²) < 4.78 is 4.88. The van der Waals surface area contributed by atoms with Crippen LogP contribution in [0.2, 0.25) is 0 Å². The van der Waals surface area contributed by atoms with Gasteiger partial charge in [0.2, 0.25) is 0 Å². The molecule has 3 aliphatic rings. The third kappa shape index (κ3) is 6.89. The molecular formula is C21H29N3O10S2. The van der Waals surface area contributed by atoms with Crippen molar-refractivity contribution < 1.29 is 48.6 Å². The monoisotopic (exact) mass is 547 g/mol. The molecule has 3 saturated heterocycles. The largest absolute Gasteiger partial charge is 0.463 e. The van der Waals surface area contributed by atoms with Crippen molar-refractivity contribution in [2.24, 2.45) is 0 Å². The zero-order valence-corrected chi connectivity index (χ0v) is 21.5. The average molecular weight is 548 g/mol. The highest BCUT2D eigenvalue weighted by atomic mass is 33.1. The van der Waals surface area contributed by atoms with Crippen LogP contribution in [-0.4, -0.2) is 97.3 Å². The lowest BCUT2D eigenvalue weighted by Gasteiger charge is -2.41. The molecule has 200 valence electrons. The number of rotatable bonds is 11. The van der Waals surface area contributed by atoms with Gasteiger partial charge in [0.15, 0.2) is 0 Å². The van der Waals surface area contributed by atoms with Gasteiger partial charge in [0.25, 0.3) is 11.8 Å². The number of aliphatic hydroxyl groups excluding tert-OH is 2. The van der Waals surface area contributed by atoms with Crippen LogP contribution < -0.4 is 5.32 Å². The summed E-state index contributed by atoms with van der Waals surface area (Å²) in [6.07, 6.45) is -3.03. The number of amides is 4. The number of nitrogens with one attached hydrogen (secondary N) is 1. The number of imide groups is 1. The first-order chi connectivity index (χ1) is 16.9. The highest BCUT2D eigenvalue weighted by Gasteiger charge is 2.51. The van der Waals surface area contributed by atoms with E-state index in [1.807, 2.05) is 13.8 Å². The summed E-state index contributed by atoms with van der Waals surface area (Å²) in [5, 5.41) is 22.9. The van der Waals surface area contributed by atoms with E-state index in [1.54, 1.807) is 0 Å². The molecule has 0 aromatic heterocycles. The zero-order chi connectivity index (χ0) is 26.6. The lowest BCUT2D eigenvalue weighted by Crippen LogP contribution is -2.61. The second-order valence-electron chi connectivity index (χ2n) is 9.22. The molecule has 0 aliphatic carbocycles. The SMILES string of the molecule is CC(C)(CCC(=O)ON1C(=O)CCC1=O)SSCCC(=O)OCC1CC(O)C(O)C2NC(=O)C(=O)N12. The maximum absolute atomic E-state index is 12.2. The quantitative estimate of drug-likeness (QED) is 0.0969. The van der Waals surface area contributed by atoms with Crippen molar-refractivity contribution in [1.82, 2.24) is 15.3 Å². The number of hydrogen-bond donors (Lipinski definition) is 3. The maximum atomic E-state index is 12.2. The van der Waals surface area contributed by atoms with Gasteiger partial charge in [0.1, 0.15) is 18.9 Å². The van der Waals surface area contributed by atoms with Crippen LogP contribution in [0.15, 0.2) is 0 Å². The normalized spacial score (nSPS) is 26.2. The summed E-state index contributed by atoms with van der Waals surface area (Å²) in [5.41, 5.74) is 0. The molecule has 3 fully saturated rings. The number of fused-ring (bicyclic) bond motifs is 1. The standard InChI is InChI=1S/C21H29N3O10S2/c1-21(2,7-5-16(29)34-24-13(26)3-4-14(24)27)36-35-8-6-15(28)33-10-11-9-12(25)17(30)18-22-19(31)20(32)23(11)18/h11-12,17-18,25,30H,3-10H2,1-2H3,(H,22,31). The highest BCUT2D eigenvalue weighted by molar-refractivity contribution is 8.77. The number of ether oxygens (including phenoxy) is 1. The number of hydrogen-bond acceptors (Lipinski definition) is 12. The zero-order valence-electron chi connectivity index (χ0n) is 19.8. The Bertz CT molecular complexity index is 914. The Morgan fingerprint density at radius 1 is 1.08 bits per heavy atom. The minimum atomic E-state index is -1.32. The molecule has 0 saturated carbocycles. The smallest absolute Gasteiger partial charge is 0.333 e. The van der Waals surface area contributed by atoms with E-state index in [0.29, 0.717) is 17.2 Å². The van der Waals surface area contributed by atoms with Crippen molar-refractivity contribution >= 4 is 57.2 Å². The second kappa shape index (κ2) is 11.8. The first kappa shape index (κ1) is 28.2. The van der Waals surface area contributed by atoms with Crippen molar-refractivity contribution in [3.05, 3.63) is 0 Å². The number of hydroxylamine groups is 2. The maximum Gasteiger partial charge on any atom is 0.333 e. The van der Waals surface area contributed by atoms with Crippen LogP contribution in [0, 0.1) is 0 Å². The first-order valence-corrected chi connectivity index (χ1v) is 13.7. The highest BCUT2D eigenvalue weighted by Crippen LogP contribution is 2.39. The van der Waals surface area contributed by atoms with Crippen molar-refractivity contribution in [3.8, 4) is 0 Å². The van der Waals surface area contributed by atoms with Gasteiger partial charge in [0.05, 0.1) is 18.6 Å². The molecule has 4 atom stereocenters. The van der Waals surface area contributed by atoms with Crippen molar-refractivity contribution in [2.75, 3.05) is 12.4 Å². The molecule has 0 aromatic carbocycles. The number of esters is 1. The summed E-state index contributed by atoms with van der Waals surface area (Å²) in [6, 6.07) is -0.740. The van der Waals surface area contributed by atoms with Crippen LogP contribution in [0.25, 0.3) is 0 Å². The Labute approximate surface area is 214 Å². The molecule has 15 heteroatoms. The molecule has 36 heavy (non-hydrogen) atoms. The molecule has 4 amide bonds. The van der Waals surface area contributed by atoms with Gasteiger partial charge < -0.3 is 30.0 Å². The number of carbonyl (C=O) groups is 6. The van der Waals surface area contributed by atoms with E-state index < -0.39 is 60.0 Å². The molecule has 13 nitrogen and oxygen atoms in total. The van der Waals surface area contributed by atoms with Crippen LogP contribution in [0.4, 0.5) is 0 Å². The molecule has 3 rings (SSSR count). The van der Waals surface area contributed by atoms with Crippen molar-refractivity contribution in [2.45, 2.75) is 81.5 Å². The Morgan fingerprint density at radius 3 is 2.42 bits per heavy atom. The predicted molar refractivity (Wildman–Crippen MR) is 125 cm³/mol. The Morgan fingerprint density at radius 2 is 1.75 bits per heavy atom. The molecule has 0 radical (unpaired) electrons. The van der Waals surface area contributed by atoms with Crippen LogP contribution in [0.1, 0.15) is 52.4 Å². The fraction of sp³-hybridized carbons (Fsp3) is 0.714. The fourth-order valence-corrected chi connectivity index (χ4v) is 6.43. The Balaban J connectivity index is 1.33. The van der Waals surface area contributed by atoms with E-state index in [1.165, 1.54) is 21.6 Å². The van der Waals surface area contributed by atoms with Gasteiger partial charge in [-0.25, -0.2) is 4.79 Å². The topological polar surface area (TPSA) is 180 Å². The van der Waals surface area contributed by atoms with Crippen molar-refractivity contribution in [1.29, 1.82) is 0 Å². The molecular weight excluding hydrogens is 518 g/mol. The van der Waals surface area contributed by atoms with Crippen LogP contribution in [-0.2, 0) is 38.3 Å². The van der Waals surface area contributed by atoms with Crippen LogP contribution >= 0.6 is 21.6 Å². The van der Waals surface area contributed by atoms with E-state index in [2.05, 4.69) is 5.32 Å².